The molecule has 2 amide bonds. The zero-order valence-corrected chi connectivity index (χ0v) is 17.4. The number of anilines is 1. The van der Waals surface area contributed by atoms with Crippen LogP contribution in [0.2, 0.25) is 0 Å². The summed E-state index contributed by atoms with van der Waals surface area (Å²) in [7, 11) is 3.10. The lowest BCUT2D eigenvalue weighted by Crippen LogP contribution is -2.34. The van der Waals surface area contributed by atoms with E-state index in [-0.39, 0.29) is 17.5 Å². The zero-order valence-electron chi connectivity index (χ0n) is 17.4. The molecule has 0 atom stereocenters. The molecule has 0 fully saturated rings. The molecule has 1 aliphatic heterocycles. The predicted octanol–water partition coefficient (Wildman–Crippen LogP) is 3.32. The fourth-order valence-electron chi connectivity index (χ4n) is 3.27. The number of methoxy groups -OCH3 is 2. The predicted molar refractivity (Wildman–Crippen MR) is 114 cm³/mol. The van der Waals surface area contributed by atoms with Crippen molar-refractivity contribution in [3.8, 4) is 11.5 Å². The molecular formula is C23H26N2O5. The van der Waals surface area contributed by atoms with Crippen LogP contribution in [0.4, 0.5) is 5.69 Å². The van der Waals surface area contributed by atoms with Crippen LogP contribution in [0.15, 0.2) is 54.2 Å². The number of rotatable bonds is 10. The third-order valence-electron chi connectivity index (χ3n) is 4.77. The first-order valence-corrected chi connectivity index (χ1v) is 9.83. The largest absolute Gasteiger partial charge is 0.497 e. The SMILES string of the molecule is CCOCCCN1C(=O)C(Nc2ccc(OC)cc2OC)=C(c2ccccc2)C1=O. The maximum Gasteiger partial charge on any atom is 0.278 e. The Labute approximate surface area is 176 Å². The van der Waals surface area contributed by atoms with Gasteiger partial charge in [-0.25, -0.2) is 0 Å². The topological polar surface area (TPSA) is 77.1 Å². The fraction of sp³-hybridized carbons (Fsp3) is 0.304. The number of benzene rings is 2. The smallest absolute Gasteiger partial charge is 0.278 e. The third-order valence-corrected chi connectivity index (χ3v) is 4.77. The number of carbonyl (C=O) groups excluding carboxylic acids is 2. The van der Waals surface area contributed by atoms with E-state index in [9.17, 15) is 9.59 Å². The molecule has 0 spiro atoms. The van der Waals surface area contributed by atoms with Crippen LogP contribution in [0.3, 0.4) is 0 Å². The first-order valence-electron chi connectivity index (χ1n) is 9.83. The van der Waals surface area contributed by atoms with Crippen LogP contribution in [0.25, 0.3) is 5.57 Å². The van der Waals surface area contributed by atoms with Crippen molar-refractivity contribution in [2.24, 2.45) is 0 Å². The second kappa shape index (κ2) is 9.93. The first kappa shape index (κ1) is 21.4. The van der Waals surface area contributed by atoms with Gasteiger partial charge in [0.1, 0.15) is 17.2 Å². The summed E-state index contributed by atoms with van der Waals surface area (Å²) in [5.41, 5.74) is 1.82. The highest BCUT2D eigenvalue weighted by molar-refractivity contribution is 6.36. The normalized spacial score (nSPS) is 13.8. The highest BCUT2D eigenvalue weighted by Crippen LogP contribution is 2.35. The van der Waals surface area contributed by atoms with Crippen molar-refractivity contribution in [2.75, 3.05) is 39.3 Å². The summed E-state index contributed by atoms with van der Waals surface area (Å²) in [5.74, 6) is 0.441. The Bertz CT molecular complexity index is 940. The van der Waals surface area contributed by atoms with E-state index in [2.05, 4.69) is 5.32 Å². The molecule has 0 saturated heterocycles. The summed E-state index contributed by atoms with van der Waals surface area (Å²) in [4.78, 5) is 27.6. The van der Waals surface area contributed by atoms with Gasteiger partial charge in [0, 0.05) is 25.8 Å². The lowest BCUT2D eigenvalue weighted by Gasteiger charge is -2.16. The van der Waals surface area contributed by atoms with E-state index in [1.54, 1.807) is 25.3 Å². The van der Waals surface area contributed by atoms with E-state index in [1.807, 2.05) is 37.3 Å². The molecule has 3 rings (SSSR count). The van der Waals surface area contributed by atoms with Crippen LogP contribution in [-0.4, -0.2) is 50.7 Å². The van der Waals surface area contributed by atoms with Crippen LogP contribution >= 0.6 is 0 Å². The van der Waals surface area contributed by atoms with Crippen molar-refractivity contribution in [3.63, 3.8) is 0 Å². The molecule has 1 heterocycles. The molecule has 158 valence electrons. The van der Waals surface area contributed by atoms with E-state index in [1.165, 1.54) is 12.0 Å². The molecule has 30 heavy (non-hydrogen) atoms. The molecule has 0 aliphatic carbocycles. The van der Waals surface area contributed by atoms with Gasteiger partial charge in [-0.1, -0.05) is 30.3 Å². The van der Waals surface area contributed by atoms with Crippen LogP contribution in [-0.2, 0) is 14.3 Å². The lowest BCUT2D eigenvalue weighted by atomic mass is 10.0. The number of carbonyl (C=O) groups is 2. The number of amides is 2. The second-order valence-electron chi connectivity index (χ2n) is 6.62. The maximum atomic E-state index is 13.2. The third kappa shape index (κ3) is 4.46. The van der Waals surface area contributed by atoms with Gasteiger partial charge in [0.05, 0.1) is 25.5 Å². The van der Waals surface area contributed by atoms with Gasteiger partial charge in [-0.15, -0.1) is 0 Å². The summed E-state index contributed by atoms with van der Waals surface area (Å²) in [6, 6.07) is 14.4. The van der Waals surface area contributed by atoms with E-state index in [0.29, 0.717) is 54.5 Å². The molecule has 7 heteroatoms. The molecule has 0 aromatic heterocycles. The van der Waals surface area contributed by atoms with Crippen molar-refractivity contribution in [3.05, 3.63) is 59.8 Å². The molecule has 2 aromatic carbocycles. The Balaban J connectivity index is 1.96. The van der Waals surface area contributed by atoms with Gasteiger partial charge in [0.25, 0.3) is 11.8 Å². The number of imide groups is 1. The molecule has 0 saturated carbocycles. The Morgan fingerprint density at radius 2 is 1.73 bits per heavy atom. The van der Waals surface area contributed by atoms with Crippen molar-refractivity contribution in [1.29, 1.82) is 0 Å². The average molecular weight is 410 g/mol. The monoisotopic (exact) mass is 410 g/mol. The van der Waals surface area contributed by atoms with Gasteiger partial charge in [-0.2, -0.15) is 0 Å². The van der Waals surface area contributed by atoms with E-state index < -0.39 is 0 Å². The van der Waals surface area contributed by atoms with E-state index in [0.717, 1.165) is 0 Å². The van der Waals surface area contributed by atoms with Gasteiger partial charge in [-0.05, 0) is 31.0 Å². The quantitative estimate of drug-likeness (QED) is 0.478. The summed E-state index contributed by atoms with van der Waals surface area (Å²) < 4.78 is 16.0. The molecule has 0 radical (unpaired) electrons. The van der Waals surface area contributed by atoms with Crippen molar-refractivity contribution < 1.29 is 23.8 Å². The first-order chi connectivity index (χ1) is 14.6. The highest BCUT2D eigenvalue weighted by atomic mass is 16.5. The number of hydrogen-bond acceptors (Lipinski definition) is 6. The summed E-state index contributed by atoms with van der Waals surface area (Å²) in [6.45, 7) is 3.28. The Hall–Kier alpha value is -3.32. The van der Waals surface area contributed by atoms with Gasteiger partial charge < -0.3 is 19.5 Å². The highest BCUT2D eigenvalue weighted by Gasteiger charge is 2.39. The minimum absolute atomic E-state index is 0.228. The fourth-order valence-corrected chi connectivity index (χ4v) is 3.27. The summed E-state index contributed by atoms with van der Waals surface area (Å²) in [6.07, 6.45) is 0.576. The van der Waals surface area contributed by atoms with E-state index in [4.69, 9.17) is 14.2 Å². The minimum atomic E-state index is -0.367. The standard InChI is InChI=1S/C23H26N2O5/c1-4-30-14-8-13-25-22(26)20(16-9-6-5-7-10-16)21(23(25)27)24-18-12-11-17(28-2)15-19(18)29-3/h5-7,9-12,15,24H,4,8,13-14H2,1-3H3. The van der Waals surface area contributed by atoms with Crippen LogP contribution < -0.4 is 14.8 Å². The molecule has 1 aliphatic rings. The molecule has 7 nitrogen and oxygen atoms in total. The molecule has 1 N–H and O–H groups in total. The Morgan fingerprint density at radius 3 is 2.40 bits per heavy atom. The summed E-state index contributed by atoms with van der Waals surface area (Å²) >= 11 is 0. The zero-order chi connectivity index (χ0) is 21.5. The van der Waals surface area contributed by atoms with Crippen LogP contribution in [0, 0.1) is 0 Å². The van der Waals surface area contributed by atoms with Crippen LogP contribution in [0.5, 0.6) is 11.5 Å². The Kier molecular flexibility index (Phi) is 7.08. The number of nitrogens with zero attached hydrogens (tertiary/aromatic N) is 1. The van der Waals surface area contributed by atoms with Crippen molar-refractivity contribution in [2.45, 2.75) is 13.3 Å². The molecule has 0 unspecified atom stereocenters. The van der Waals surface area contributed by atoms with Gasteiger partial charge >= 0.3 is 0 Å². The lowest BCUT2D eigenvalue weighted by molar-refractivity contribution is -0.137. The molecule has 2 aromatic rings. The number of hydrogen-bond donors (Lipinski definition) is 1. The number of nitrogens with one attached hydrogen (secondary N) is 1. The molecular weight excluding hydrogens is 384 g/mol. The minimum Gasteiger partial charge on any atom is -0.497 e. The second-order valence-corrected chi connectivity index (χ2v) is 6.62. The molecule has 0 bridgehead atoms. The number of ether oxygens (including phenoxy) is 3. The summed E-state index contributed by atoms with van der Waals surface area (Å²) in [5, 5.41) is 3.13. The Morgan fingerprint density at radius 1 is 0.967 bits per heavy atom. The van der Waals surface area contributed by atoms with Gasteiger partial charge in [-0.3, -0.25) is 14.5 Å². The van der Waals surface area contributed by atoms with Crippen molar-refractivity contribution >= 4 is 23.1 Å². The maximum absolute atomic E-state index is 13.2. The average Bonchev–Trinajstić information content (AvgIpc) is 3.01. The van der Waals surface area contributed by atoms with E-state index >= 15 is 0 Å². The van der Waals surface area contributed by atoms with Gasteiger partial charge in [0.2, 0.25) is 0 Å². The van der Waals surface area contributed by atoms with Gasteiger partial charge in [0.15, 0.2) is 0 Å². The van der Waals surface area contributed by atoms with Crippen LogP contribution in [0.1, 0.15) is 18.9 Å². The van der Waals surface area contributed by atoms with Crippen molar-refractivity contribution in [1.82, 2.24) is 4.90 Å².